The first-order chi connectivity index (χ1) is 14.1. The minimum absolute atomic E-state index is 0. The van der Waals surface area contributed by atoms with Gasteiger partial charge in [0.05, 0.1) is 0 Å². The van der Waals surface area contributed by atoms with Crippen LogP contribution < -0.4 is 5.32 Å². The van der Waals surface area contributed by atoms with Crippen LogP contribution in [0.3, 0.4) is 0 Å². The summed E-state index contributed by atoms with van der Waals surface area (Å²) in [5.74, 6) is 2.40. The quantitative estimate of drug-likeness (QED) is 0.330. The van der Waals surface area contributed by atoms with Gasteiger partial charge in [-0.2, -0.15) is 0 Å². The summed E-state index contributed by atoms with van der Waals surface area (Å²) in [6.07, 6.45) is 4.77. The molecule has 2 aliphatic rings. The van der Waals surface area contributed by atoms with Crippen molar-refractivity contribution in [2.75, 3.05) is 46.9 Å². The number of fused-ring (bicyclic) bond motifs is 1. The van der Waals surface area contributed by atoms with Crippen LogP contribution in [0.1, 0.15) is 44.2 Å². The Balaban J connectivity index is 0.00000320. The van der Waals surface area contributed by atoms with Gasteiger partial charge in [0.15, 0.2) is 5.96 Å². The van der Waals surface area contributed by atoms with Crippen molar-refractivity contribution in [1.29, 1.82) is 0 Å². The molecule has 30 heavy (non-hydrogen) atoms. The Hall–Kier alpha value is -0.860. The Morgan fingerprint density at radius 3 is 2.60 bits per heavy atom. The highest BCUT2D eigenvalue weighted by molar-refractivity contribution is 14.0. The molecule has 0 saturated carbocycles. The number of nitrogens with zero attached hydrogens (tertiary/aromatic N) is 3. The molecule has 1 fully saturated rings. The number of hydrogen-bond donors (Lipinski definition) is 1. The second-order valence-electron chi connectivity index (χ2n) is 8.99. The Bertz CT molecular complexity index is 660. The van der Waals surface area contributed by atoms with Gasteiger partial charge in [-0.05, 0) is 48.6 Å². The molecular weight excluding hydrogens is 487 g/mol. The van der Waals surface area contributed by atoms with E-state index >= 15 is 0 Å². The van der Waals surface area contributed by atoms with E-state index in [-0.39, 0.29) is 24.0 Å². The van der Waals surface area contributed by atoms with Crippen LogP contribution in [-0.2, 0) is 17.7 Å². The van der Waals surface area contributed by atoms with E-state index in [1.54, 1.807) is 0 Å². The molecule has 0 radical (unpaired) electrons. The molecule has 5 nitrogen and oxygen atoms in total. The van der Waals surface area contributed by atoms with E-state index in [4.69, 9.17) is 4.74 Å². The number of benzene rings is 1. The summed E-state index contributed by atoms with van der Waals surface area (Å²) in [6.45, 7) is 10.7. The SMILES string of the molecule is CN=C(NCC(C(C)C)N1CCc2ccccc2C1)N(C)CCC1CCOCC1.I. The van der Waals surface area contributed by atoms with Crippen molar-refractivity contribution in [2.45, 2.75) is 52.1 Å². The average molecular weight is 529 g/mol. The molecule has 2 heterocycles. The highest BCUT2D eigenvalue weighted by Gasteiger charge is 2.26. The molecule has 170 valence electrons. The van der Waals surface area contributed by atoms with Crippen molar-refractivity contribution < 1.29 is 4.74 Å². The second kappa shape index (κ2) is 12.9. The van der Waals surface area contributed by atoms with Crippen LogP contribution in [0.2, 0.25) is 0 Å². The molecule has 1 saturated heterocycles. The number of halogens is 1. The van der Waals surface area contributed by atoms with Crippen molar-refractivity contribution >= 4 is 29.9 Å². The molecule has 0 aromatic heterocycles. The fraction of sp³-hybridized carbons (Fsp3) is 0.708. The maximum Gasteiger partial charge on any atom is 0.193 e. The third-order valence-electron chi connectivity index (χ3n) is 6.66. The van der Waals surface area contributed by atoms with Gasteiger partial charge in [-0.15, -0.1) is 24.0 Å². The molecule has 6 heteroatoms. The van der Waals surface area contributed by atoms with E-state index < -0.39 is 0 Å². The van der Waals surface area contributed by atoms with Crippen molar-refractivity contribution in [3.05, 3.63) is 35.4 Å². The van der Waals surface area contributed by atoms with Gasteiger partial charge in [0, 0.05) is 59.5 Å². The second-order valence-corrected chi connectivity index (χ2v) is 8.99. The summed E-state index contributed by atoms with van der Waals surface area (Å²) in [5, 5.41) is 3.67. The van der Waals surface area contributed by atoms with E-state index in [0.29, 0.717) is 12.0 Å². The average Bonchev–Trinajstić information content (AvgIpc) is 2.75. The van der Waals surface area contributed by atoms with E-state index in [2.05, 4.69) is 65.3 Å². The van der Waals surface area contributed by atoms with Gasteiger partial charge < -0.3 is 15.0 Å². The zero-order valence-electron chi connectivity index (χ0n) is 19.3. The molecule has 2 aliphatic heterocycles. The molecule has 1 atom stereocenters. The minimum Gasteiger partial charge on any atom is -0.381 e. The number of hydrogen-bond acceptors (Lipinski definition) is 3. The van der Waals surface area contributed by atoms with Gasteiger partial charge in [0.2, 0.25) is 0 Å². The van der Waals surface area contributed by atoms with Gasteiger partial charge in [-0.1, -0.05) is 38.1 Å². The van der Waals surface area contributed by atoms with Gasteiger partial charge >= 0.3 is 0 Å². The predicted octanol–water partition coefficient (Wildman–Crippen LogP) is 4.01. The van der Waals surface area contributed by atoms with Crippen molar-refractivity contribution in [3.63, 3.8) is 0 Å². The van der Waals surface area contributed by atoms with Crippen molar-refractivity contribution in [1.82, 2.24) is 15.1 Å². The van der Waals surface area contributed by atoms with Crippen LogP contribution in [0.25, 0.3) is 0 Å². The van der Waals surface area contributed by atoms with Crippen LogP contribution in [0.15, 0.2) is 29.3 Å². The number of guanidine groups is 1. The van der Waals surface area contributed by atoms with Crippen LogP contribution in [-0.4, -0.2) is 68.7 Å². The van der Waals surface area contributed by atoms with E-state index in [0.717, 1.165) is 57.7 Å². The molecule has 0 amide bonds. The topological polar surface area (TPSA) is 40.1 Å². The number of ether oxygens (including phenoxy) is 1. The Morgan fingerprint density at radius 1 is 1.23 bits per heavy atom. The summed E-state index contributed by atoms with van der Waals surface area (Å²) in [6, 6.07) is 9.40. The lowest BCUT2D eigenvalue weighted by atomic mass is 9.95. The molecule has 0 bridgehead atoms. The molecule has 1 unspecified atom stereocenters. The van der Waals surface area contributed by atoms with Gasteiger partial charge in [-0.3, -0.25) is 9.89 Å². The first-order valence-corrected chi connectivity index (χ1v) is 11.4. The fourth-order valence-corrected chi connectivity index (χ4v) is 4.68. The maximum absolute atomic E-state index is 5.49. The molecule has 0 aliphatic carbocycles. The summed E-state index contributed by atoms with van der Waals surface area (Å²) in [5.41, 5.74) is 3.00. The molecule has 0 spiro atoms. The lowest BCUT2D eigenvalue weighted by Crippen LogP contribution is -2.51. The first-order valence-electron chi connectivity index (χ1n) is 11.4. The Kier molecular flexibility index (Phi) is 10.9. The number of aliphatic imine (C=N–C) groups is 1. The molecular formula is C24H41IN4O. The van der Waals surface area contributed by atoms with E-state index in [9.17, 15) is 0 Å². The first kappa shape index (κ1) is 25.4. The zero-order chi connectivity index (χ0) is 20.6. The summed E-state index contributed by atoms with van der Waals surface area (Å²) in [4.78, 5) is 9.49. The fourth-order valence-electron chi connectivity index (χ4n) is 4.68. The zero-order valence-corrected chi connectivity index (χ0v) is 21.6. The number of nitrogens with one attached hydrogen (secondary N) is 1. The van der Waals surface area contributed by atoms with Crippen LogP contribution >= 0.6 is 24.0 Å². The standard InChI is InChI=1S/C24H40N4O.HI/c1-19(2)23(28-14-10-21-7-5-6-8-22(21)18-28)17-26-24(25-3)27(4)13-9-20-11-15-29-16-12-20;/h5-8,19-20,23H,9-18H2,1-4H3,(H,25,26);1H. The molecule has 1 aromatic carbocycles. The summed E-state index contributed by atoms with van der Waals surface area (Å²) in [7, 11) is 4.06. The van der Waals surface area contributed by atoms with Crippen LogP contribution in [0.5, 0.6) is 0 Å². The highest BCUT2D eigenvalue weighted by Crippen LogP contribution is 2.23. The summed E-state index contributed by atoms with van der Waals surface area (Å²) < 4.78 is 5.49. The Labute approximate surface area is 200 Å². The van der Waals surface area contributed by atoms with Gasteiger partial charge in [-0.25, -0.2) is 0 Å². The Morgan fingerprint density at radius 2 is 1.93 bits per heavy atom. The van der Waals surface area contributed by atoms with Gasteiger partial charge in [0.25, 0.3) is 0 Å². The predicted molar refractivity (Wildman–Crippen MR) is 137 cm³/mol. The highest BCUT2D eigenvalue weighted by atomic mass is 127. The maximum atomic E-state index is 5.49. The molecule has 1 N–H and O–H groups in total. The van der Waals surface area contributed by atoms with Crippen LogP contribution in [0.4, 0.5) is 0 Å². The summed E-state index contributed by atoms with van der Waals surface area (Å²) >= 11 is 0. The molecule has 3 rings (SSSR count). The van der Waals surface area contributed by atoms with Crippen molar-refractivity contribution in [2.24, 2.45) is 16.8 Å². The van der Waals surface area contributed by atoms with Crippen molar-refractivity contribution in [3.8, 4) is 0 Å². The molecule has 1 aromatic rings. The smallest absolute Gasteiger partial charge is 0.193 e. The van der Waals surface area contributed by atoms with Gasteiger partial charge in [0.1, 0.15) is 0 Å². The third kappa shape index (κ3) is 7.09. The van der Waals surface area contributed by atoms with Crippen LogP contribution in [0, 0.1) is 11.8 Å². The van der Waals surface area contributed by atoms with E-state index in [1.165, 1.54) is 30.4 Å². The monoisotopic (exact) mass is 528 g/mol. The normalized spacial score (nSPS) is 19.2. The lowest BCUT2D eigenvalue weighted by Gasteiger charge is -2.38. The largest absolute Gasteiger partial charge is 0.381 e. The lowest BCUT2D eigenvalue weighted by molar-refractivity contribution is 0.0625. The minimum atomic E-state index is 0. The van der Waals surface area contributed by atoms with E-state index in [1.807, 2.05) is 7.05 Å². The number of rotatable bonds is 7. The third-order valence-corrected chi connectivity index (χ3v) is 6.66.